The lowest BCUT2D eigenvalue weighted by Crippen LogP contribution is -2.39. The number of rotatable bonds is 4. The second-order valence-corrected chi connectivity index (χ2v) is 6.15. The first-order chi connectivity index (χ1) is 10.1. The van der Waals surface area contributed by atoms with Crippen molar-refractivity contribution in [2.24, 2.45) is 5.92 Å². The van der Waals surface area contributed by atoms with Crippen molar-refractivity contribution < 1.29 is 13.6 Å². The minimum absolute atomic E-state index is 0.0623. The Kier molecular flexibility index (Phi) is 4.19. The molecule has 2 aliphatic heterocycles. The Hall–Kier alpha value is -1.49. The third-order valence-corrected chi connectivity index (χ3v) is 4.47. The van der Waals surface area contributed by atoms with Gasteiger partial charge < -0.3 is 10.6 Å². The number of hydrogen-bond acceptors (Lipinski definition) is 2. The van der Waals surface area contributed by atoms with Crippen molar-refractivity contribution in [1.82, 2.24) is 5.32 Å². The smallest absolute Gasteiger partial charge is 0.263 e. The quantitative estimate of drug-likeness (QED) is 0.892. The van der Waals surface area contributed by atoms with Crippen LogP contribution >= 0.6 is 0 Å². The second-order valence-electron chi connectivity index (χ2n) is 6.15. The number of fused-ring (bicyclic) bond motifs is 2. The maximum atomic E-state index is 12.6. The first kappa shape index (κ1) is 14.4. The van der Waals surface area contributed by atoms with E-state index in [2.05, 4.69) is 10.6 Å². The van der Waals surface area contributed by atoms with Gasteiger partial charge in [0.1, 0.15) is 0 Å². The molecule has 2 heterocycles. The van der Waals surface area contributed by atoms with Gasteiger partial charge in [0, 0.05) is 29.8 Å². The summed E-state index contributed by atoms with van der Waals surface area (Å²) in [6.07, 6.45) is 2.47. The molecule has 0 radical (unpaired) electrons. The highest BCUT2D eigenvalue weighted by Crippen LogP contribution is 2.33. The van der Waals surface area contributed by atoms with Crippen molar-refractivity contribution >= 4 is 11.6 Å². The van der Waals surface area contributed by atoms with Crippen LogP contribution in [0.25, 0.3) is 0 Å². The standard InChI is InChI=1S/C16H20F2N2O/c17-16(18)11-2-1-3-12(9-11)20-15(21)8-10-6-13-4-5-14(7-10)19-13/h1-3,9-10,13-14,16,19H,4-8H2,(H,20,21). The van der Waals surface area contributed by atoms with E-state index in [0.29, 0.717) is 30.1 Å². The summed E-state index contributed by atoms with van der Waals surface area (Å²) < 4.78 is 25.3. The van der Waals surface area contributed by atoms with Gasteiger partial charge in [0.25, 0.3) is 6.43 Å². The molecule has 114 valence electrons. The van der Waals surface area contributed by atoms with Crippen LogP contribution in [-0.4, -0.2) is 18.0 Å². The maximum absolute atomic E-state index is 12.6. The second kappa shape index (κ2) is 6.10. The predicted octanol–water partition coefficient (Wildman–Crippen LogP) is 3.48. The van der Waals surface area contributed by atoms with Crippen LogP contribution in [0, 0.1) is 5.92 Å². The van der Waals surface area contributed by atoms with E-state index in [9.17, 15) is 13.6 Å². The SMILES string of the molecule is O=C(CC1CC2CCC(C1)N2)Nc1cccc(C(F)F)c1. The van der Waals surface area contributed by atoms with Gasteiger partial charge in [-0.2, -0.15) is 0 Å². The zero-order chi connectivity index (χ0) is 14.8. The molecule has 3 nitrogen and oxygen atoms in total. The Morgan fingerprint density at radius 1 is 1.29 bits per heavy atom. The van der Waals surface area contributed by atoms with E-state index in [4.69, 9.17) is 0 Å². The summed E-state index contributed by atoms with van der Waals surface area (Å²) in [5.74, 6) is 0.328. The van der Waals surface area contributed by atoms with Crippen molar-refractivity contribution in [3.05, 3.63) is 29.8 Å². The third-order valence-electron chi connectivity index (χ3n) is 4.47. The van der Waals surface area contributed by atoms with Crippen molar-refractivity contribution in [1.29, 1.82) is 0 Å². The van der Waals surface area contributed by atoms with E-state index in [1.807, 2.05) is 0 Å². The number of nitrogens with one attached hydrogen (secondary N) is 2. The monoisotopic (exact) mass is 294 g/mol. The molecule has 2 bridgehead atoms. The average Bonchev–Trinajstić information content (AvgIpc) is 2.78. The van der Waals surface area contributed by atoms with E-state index in [0.717, 1.165) is 12.8 Å². The minimum atomic E-state index is -2.51. The van der Waals surface area contributed by atoms with Crippen molar-refractivity contribution in [2.75, 3.05) is 5.32 Å². The first-order valence-corrected chi connectivity index (χ1v) is 7.54. The summed E-state index contributed by atoms with van der Waals surface area (Å²) in [7, 11) is 0. The van der Waals surface area contributed by atoms with Gasteiger partial charge in [0.05, 0.1) is 0 Å². The number of carbonyl (C=O) groups is 1. The molecule has 0 aromatic heterocycles. The van der Waals surface area contributed by atoms with E-state index in [1.165, 1.54) is 25.0 Å². The van der Waals surface area contributed by atoms with Crippen LogP contribution in [0.2, 0.25) is 0 Å². The maximum Gasteiger partial charge on any atom is 0.263 e. The van der Waals surface area contributed by atoms with Crippen LogP contribution in [0.5, 0.6) is 0 Å². The van der Waals surface area contributed by atoms with Crippen molar-refractivity contribution in [3.63, 3.8) is 0 Å². The Morgan fingerprint density at radius 2 is 2.00 bits per heavy atom. The number of alkyl halides is 2. The Balaban J connectivity index is 1.55. The number of benzene rings is 1. The lowest BCUT2D eigenvalue weighted by Gasteiger charge is -2.28. The Bertz CT molecular complexity index is 509. The number of anilines is 1. The average molecular weight is 294 g/mol. The van der Waals surface area contributed by atoms with Crippen molar-refractivity contribution in [3.8, 4) is 0 Å². The fourth-order valence-corrected chi connectivity index (χ4v) is 3.57. The highest BCUT2D eigenvalue weighted by molar-refractivity contribution is 5.90. The normalized spacial score (nSPS) is 27.9. The molecule has 2 unspecified atom stereocenters. The molecule has 2 saturated heterocycles. The number of piperidine rings is 1. The van der Waals surface area contributed by atoms with Gasteiger partial charge in [0.15, 0.2) is 0 Å². The molecule has 2 aliphatic rings. The largest absolute Gasteiger partial charge is 0.326 e. The van der Waals surface area contributed by atoms with Gasteiger partial charge >= 0.3 is 0 Å². The topological polar surface area (TPSA) is 41.1 Å². The van der Waals surface area contributed by atoms with Crippen molar-refractivity contribution in [2.45, 2.75) is 50.6 Å². The molecule has 5 heteroatoms. The lowest BCUT2D eigenvalue weighted by molar-refractivity contribution is -0.117. The third kappa shape index (κ3) is 3.59. The van der Waals surface area contributed by atoms with Gasteiger partial charge in [-0.3, -0.25) is 4.79 Å². The number of amides is 1. The first-order valence-electron chi connectivity index (χ1n) is 7.54. The molecule has 2 fully saturated rings. The number of hydrogen-bond donors (Lipinski definition) is 2. The fourth-order valence-electron chi connectivity index (χ4n) is 3.57. The molecular weight excluding hydrogens is 274 g/mol. The zero-order valence-corrected chi connectivity index (χ0v) is 11.8. The van der Waals surface area contributed by atoms with E-state index < -0.39 is 6.43 Å². The molecule has 0 aliphatic carbocycles. The van der Waals surface area contributed by atoms with E-state index in [-0.39, 0.29) is 11.5 Å². The Morgan fingerprint density at radius 3 is 2.67 bits per heavy atom. The lowest BCUT2D eigenvalue weighted by atomic mass is 9.89. The molecular formula is C16H20F2N2O. The van der Waals surface area contributed by atoms with Crippen LogP contribution in [0.3, 0.4) is 0 Å². The number of carbonyl (C=O) groups excluding carboxylic acids is 1. The van der Waals surface area contributed by atoms with Gasteiger partial charge in [-0.25, -0.2) is 8.78 Å². The molecule has 3 rings (SSSR count). The highest BCUT2D eigenvalue weighted by Gasteiger charge is 2.34. The van der Waals surface area contributed by atoms with E-state index >= 15 is 0 Å². The molecule has 2 atom stereocenters. The molecule has 1 aromatic rings. The Labute approximate surface area is 123 Å². The molecule has 2 N–H and O–H groups in total. The van der Waals surface area contributed by atoms with Crippen LogP contribution in [0.15, 0.2) is 24.3 Å². The van der Waals surface area contributed by atoms with Gasteiger partial charge in [-0.15, -0.1) is 0 Å². The predicted molar refractivity (Wildman–Crippen MR) is 77.3 cm³/mol. The van der Waals surface area contributed by atoms with Crippen LogP contribution in [0.1, 0.15) is 44.1 Å². The highest BCUT2D eigenvalue weighted by atomic mass is 19.3. The summed E-state index contributed by atoms with van der Waals surface area (Å²) in [5.41, 5.74) is 0.391. The van der Waals surface area contributed by atoms with E-state index in [1.54, 1.807) is 12.1 Å². The molecule has 21 heavy (non-hydrogen) atoms. The molecule has 0 saturated carbocycles. The minimum Gasteiger partial charge on any atom is -0.326 e. The summed E-state index contributed by atoms with van der Waals surface area (Å²) in [6.45, 7) is 0. The molecule has 0 spiro atoms. The van der Waals surface area contributed by atoms with Gasteiger partial charge in [0.2, 0.25) is 5.91 Å². The summed E-state index contributed by atoms with van der Waals surface area (Å²) in [5, 5.41) is 6.29. The zero-order valence-electron chi connectivity index (χ0n) is 11.8. The van der Waals surface area contributed by atoms with Crippen LogP contribution in [0.4, 0.5) is 14.5 Å². The summed E-state index contributed by atoms with van der Waals surface area (Å²) in [4.78, 5) is 12.1. The van der Waals surface area contributed by atoms with Crippen LogP contribution in [-0.2, 0) is 4.79 Å². The molecule has 1 aromatic carbocycles. The van der Waals surface area contributed by atoms with Gasteiger partial charge in [-0.05, 0) is 43.7 Å². The summed E-state index contributed by atoms with van der Waals surface area (Å²) >= 11 is 0. The molecule has 1 amide bonds. The van der Waals surface area contributed by atoms with Crippen LogP contribution < -0.4 is 10.6 Å². The van der Waals surface area contributed by atoms with Gasteiger partial charge in [-0.1, -0.05) is 12.1 Å². The number of halogens is 2. The fraction of sp³-hybridized carbons (Fsp3) is 0.562. The summed E-state index contributed by atoms with van der Waals surface area (Å²) in [6, 6.07) is 7.02.